The Morgan fingerprint density at radius 3 is 2.41 bits per heavy atom. The Labute approximate surface area is 161 Å². The van der Waals surface area contributed by atoms with Crippen molar-refractivity contribution in [3.8, 4) is 11.1 Å². The zero-order valence-electron chi connectivity index (χ0n) is 14.4. The van der Waals surface area contributed by atoms with Gasteiger partial charge in [0.15, 0.2) is 0 Å². The first-order valence-electron chi connectivity index (χ1n) is 8.27. The van der Waals surface area contributed by atoms with Crippen LogP contribution in [-0.2, 0) is 6.42 Å². The van der Waals surface area contributed by atoms with Gasteiger partial charge in [0.1, 0.15) is 0 Å². The van der Waals surface area contributed by atoms with Crippen LogP contribution in [0.3, 0.4) is 0 Å². The summed E-state index contributed by atoms with van der Waals surface area (Å²) >= 11 is 5.92. The second-order valence-corrected chi connectivity index (χ2v) is 6.31. The number of nitrogens with two attached hydrogens (primary N) is 1. The van der Waals surface area contributed by atoms with Crippen LogP contribution in [0.2, 0.25) is 5.02 Å². The molecule has 0 aliphatic rings. The molecule has 2 amide bonds. The van der Waals surface area contributed by atoms with Crippen molar-refractivity contribution in [3.63, 3.8) is 0 Å². The SMILES string of the molecule is NC(=O)c1cc(C(=O)NCCc2cnccn2)cc(-c2ccc(Cl)cc2)c1. The Kier molecular flexibility index (Phi) is 5.78. The highest BCUT2D eigenvalue weighted by atomic mass is 35.5. The van der Waals surface area contributed by atoms with E-state index in [0.29, 0.717) is 29.1 Å². The van der Waals surface area contributed by atoms with E-state index >= 15 is 0 Å². The Hall–Kier alpha value is -3.25. The van der Waals surface area contributed by atoms with E-state index in [-0.39, 0.29) is 11.5 Å². The predicted octanol–water partition coefficient (Wildman–Crippen LogP) is 2.87. The van der Waals surface area contributed by atoms with E-state index in [1.54, 1.807) is 42.9 Å². The van der Waals surface area contributed by atoms with Gasteiger partial charge in [0, 0.05) is 47.7 Å². The monoisotopic (exact) mass is 380 g/mol. The quantitative estimate of drug-likeness (QED) is 0.687. The maximum Gasteiger partial charge on any atom is 0.251 e. The summed E-state index contributed by atoms with van der Waals surface area (Å²) in [5.74, 6) is -0.892. The first-order valence-corrected chi connectivity index (χ1v) is 8.64. The number of carbonyl (C=O) groups is 2. The second kappa shape index (κ2) is 8.42. The number of benzene rings is 2. The summed E-state index contributed by atoms with van der Waals surface area (Å²) in [5.41, 5.74) is 8.37. The normalized spacial score (nSPS) is 10.4. The van der Waals surface area contributed by atoms with Gasteiger partial charge < -0.3 is 11.1 Å². The minimum atomic E-state index is -0.598. The molecular formula is C20H17ClN4O2. The molecule has 0 spiro atoms. The summed E-state index contributed by atoms with van der Waals surface area (Å²) in [6.07, 6.45) is 5.40. The third-order valence-corrected chi connectivity index (χ3v) is 4.19. The van der Waals surface area contributed by atoms with E-state index in [9.17, 15) is 9.59 Å². The molecule has 3 N–H and O–H groups in total. The number of nitrogens with one attached hydrogen (secondary N) is 1. The van der Waals surface area contributed by atoms with E-state index in [1.165, 1.54) is 6.07 Å². The Balaban J connectivity index is 1.80. The highest BCUT2D eigenvalue weighted by Crippen LogP contribution is 2.24. The molecule has 0 aliphatic heterocycles. The lowest BCUT2D eigenvalue weighted by Gasteiger charge is -2.10. The maximum atomic E-state index is 12.5. The highest BCUT2D eigenvalue weighted by molar-refractivity contribution is 6.30. The van der Waals surface area contributed by atoms with Crippen molar-refractivity contribution in [1.82, 2.24) is 15.3 Å². The number of halogens is 1. The lowest BCUT2D eigenvalue weighted by Crippen LogP contribution is -2.26. The Morgan fingerprint density at radius 2 is 1.74 bits per heavy atom. The molecule has 0 fully saturated rings. The van der Waals surface area contributed by atoms with Crippen LogP contribution < -0.4 is 11.1 Å². The van der Waals surface area contributed by atoms with Gasteiger partial charge in [0.25, 0.3) is 5.91 Å². The van der Waals surface area contributed by atoms with Crippen molar-refractivity contribution in [2.24, 2.45) is 5.73 Å². The molecule has 3 aromatic rings. The lowest BCUT2D eigenvalue weighted by molar-refractivity contribution is 0.0954. The van der Waals surface area contributed by atoms with E-state index in [1.807, 2.05) is 12.1 Å². The number of aromatic nitrogens is 2. The molecule has 136 valence electrons. The van der Waals surface area contributed by atoms with Crippen LogP contribution in [0.5, 0.6) is 0 Å². The summed E-state index contributed by atoms with van der Waals surface area (Å²) in [7, 11) is 0. The minimum Gasteiger partial charge on any atom is -0.366 e. The fourth-order valence-corrected chi connectivity index (χ4v) is 2.70. The fraction of sp³-hybridized carbons (Fsp3) is 0.100. The van der Waals surface area contributed by atoms with Crippen LogP contribution in [-0.4, -0.2) is 28.3 Å². The van der Waals surface area contributed by atoms with Gasteiger partial charge in [-0.2, -0.15) is 0 Å². The molecule has 0 unspecified atom stereocenters. The van der Waals surface area contributed by atoms with Crippen molar-refractivity contribution in [3.05, 3.63) is 82.9 Å². The predicted molar refractivity (Wildman–Crippen MR) is 103 cm³/mol. The van der Waals surface area contributed by atoms with Crippen LogP contribution in [0.25, 0.3) is 11.1 Å². The molecule has 0 radical (unpaired) electrons. The summed E-state index contributed by atoms with van der Waals surface area (Å²) < 4.78 is 0. The van der Waals surface area contributed by atoms with Gasteiger partial charge in [-0.1, -0.05) is 23.7 Å². The molecule has 0 atom stereocenters. The van der Waals surface area contributed by atoms with Crippen molar-refractivity contribution >= 4 is 23.4 Å². The molecule has 1 aromatic heterocycles. The third kappa shape index (κ3) is 4.89. The molecule has 3 rings (SSSR count). The van der Waals surface area contributed by atoms with Gasteiger partial charge in [-0.05, 0) is 41.5 Å². The van der Waals surface area contributed by atoms with Gasteiger partial charge in [-0.15, -0.1) is 0 Å². The number of carbonyl (C=O) groups excluding carboxylic acids is 2. The smallest absolute Gasteiger partial charge is 0.251 e. The minimum absolute atomic E-state index is 0.265. The van der Waals surface area contributed by atoms with Gasteiger partial charge in [-0.25, -0.2) is 0 Å². The van der Waals surface area contributed by atoms with Crippen LogP contribution in [0, 0.1) is 0 Å². The topological polar surface area (TPSA) is 98.0 Å². The first kappa shape index (κ1) is 18.5. The zero-order chi connectivity index (χ0) is 19.2. The summed E-state index contributed by atoms with van der Waals surface area (Å²) in [4.78, 5) is 32.3. The fourth-order valence-electron chi connectivity index (χ4n) is 2.58. The zero-order valence-corrected chi connectivity index (χ0v) is 15.1. The Bertz CT molecular complexity index is 959. The average molecular weight is 381 g/mol. The molecule has 2 aromatic carbocycles. The van der Waals surface area contributed by atoms with Gasteiger partial charge in [0.05, 0.1) is 5.69 Å². The number of rotatable bonds is 6. The second-order valence-electron chi connectivity index (χ2n) is 5.87. The molecular weight excluding hydrogens is 364 g/mol. The van der Waals surface area contributed by atoms with E-state index in [2.05, 4.69) is 15.3 Å². The maximum absolute atomic E-state index is 12.5. The van der Waals surface area contributed by atoms with E-state index in [0.717, 1.165) is 11.3 Å². The van der Waals surface area contributed by atoms with Crippen molar-refractivity contribution in [2.45, 2.75) is 6.42 Å². The largest absolute Gasteiger partial charge is 0.366 e. The lowest BCUT2D eigenvalue weighted by atomic mass is 9.99. The van der Waals surface area contributed by atoms with Gasteiger partial charge in [0.2, 0.25) is 5.91 Å². The van der Waals surface area contributed by atoms with E-state index in [4.69, 9.17) is 17.3 Å². The summed E-state index contributed by atoms with van der Waals surface area (Å²) in [6, 6.07) is 12.0. The molecule has 0 saturated carbocycles. The third-order valence-electron chi connectivity index (χ3n) is 3.94. The van der Waals surface area contributed by atoms with Crippen molar-refractivity contribution < 1.29 is 9.59 Å². The van der Waals surface area contributed by atoms with Crippen molar-refractivity contribution in [2.75, 3.05) is 6.54 Å². The highest BCUT2D eigenvalue weighted by Gasteiger charge is 2.12. The summed E-state index contributed by atoms with van der Waals surface area (Å²) in [5, 5.41) is 3.42. The van der Waals surface area contributed by atoms with Gasteiger partial charge >= 0.3 is 0 Å². The molecule has 0 aliphatic carbocycles. The Morgan fingerprint density at radius 1 is 1.00 bits per heavy atom. The molecule has 1 heterocycles. The molecule has 0 saturated heterocycles. The molecule has 27 heavy (non-hydrogen) atoms. The molecule has 7 heteroatoms. The van der Waals surface area contributed by atoms with Crippen LogP contribution in [0.1, 0.15) is 26.4 Å². The number of amides is 2. The van der Waals surface area contributed by atoms with Crippen LogP contribution >= 0.6 is 11.6 Å². The van der Waals surface area contributed by atoms with Crippen molar-refractivity contribution in [1.29, 1.82) is 0 Å². The average Bonchev–Trinajstić information content (AvgIpc) is 2.69. The number of primary amides is 1. The first-order chi connectivity index (χ1) is 13.0. The molecule has 6 nitrogen and oxygen atoms in total. The van der Waals surface area contributed by atoms with Crippen LogP contribution in [0.4, 0.5) is 0 Å². The van der Waals surface area contributed by atoms with E-state index < -0.39 is 5.91 Å². The number of hydrogen-bond donors (Lipinski definition) is 2. The van der Waals surface area contributed by atoms with Gasteiger partial charge in [-0.3, -0.25) is 19.6 Å². The van der Waals surface area contributed by atoms with Crippen LogP contribution in [0.15, 0.2) is 61.1 Å². The number of nitrogens with zero attached hydrogens (tertiary/aromatic N) is 2. The number of hydrogen-bond acceptors (Lipinski definition) is 4. The molecule has 0 bridgehead atoms. The standard InChI is InChI=1S/C20H17ClN4O2/c21-17-3-1-13(2-4-17)14-9-15(19(22)26)11-16(10-14)20(27)25-6-5-18-12-23-7-8-24-18/h1-4,7-12H,5-6H2,(H2,22,26)(H,25,27). The summed E-state index contributed by atoms with van der Waals surface area (Å²) in [6.45, 7) is 0.397.